The van der Waals surface area contributed by atoms with Gasteiger partial charge >= 0.3 is 0 Å². The first kappa shape index (κ1) is 19.5. The predicted molar refractivity (Wildman–Crippen MR) is 108 cm³/mol. The molecule has 0 unspecified atom stereocenters. The molecule has 1 heterocycles. The average Bonchev–Trinajstić information content (AvgIpc) is 2.71. The van der Waals surface area contributed by atoms with Gasteiger partial charge in [0.1, 0.15) is 5.82 Å². The third-order valence-electron chi connectivity index (χ3n) is 4.72. The van der Waals surface area contributed by atoms with E-state index in [0.717, 1.165) is 6.42 Å². The third kappa shape index (κ3) is 4.52. The van der Waals surface area contributed by atoms with Gasteiger partial charge in [0.15, 0.2) is 5.78 Å². The Kier molecular flexibility index (Phi) is 5.99. The molecule has 0 saturated heterocycles. The number of para-hydroxylation sites is 1. The quantitative estimate of drug-likeness (QED) is 0.641. The topological polar surface area (TPSA) is 83.1 Å². The highest BCUT2D eigenvalue weighted by Gasteiger charge is 2.14. The average molecular weight is 377 g/mol. The van der Waals surface area contributed by atoms with Gasteiger partial charge in [-0.05, 0) is 24.1 Å². The number of aromatic nitrogens is 2. The van der Waals surface area contributed by atoms with Crippen LogP contribution in [0.15, 0.2) is 53.3 Å². The van der Waals surface area contributed by atoms with Crippen molar-refractivity contribution in [1.82, 2.24) is 14.9 Å². The summed E-state index contributed by atoms with van der Waals surface area (Å²) in [6.07, 6.45) is 1.18. The van der Waals surface area contributed by atoms with Crippen molar-refractivity contribution in [2.24, 2.45) is 0 Å². The van der Waals surface area contributed by atoms with Crippen LogP contribution in [0.3, 0.4) is 0 Å². The summed E-state index contributed by atoms with van der Waals surface area (Å²) in [6.45, 7) is 2.24. The van der Waals surface area contributed by atoms with Crippen molar-refractivity contribution in [2.75, 3.05) is 7.05 Å². The minimum atomic E-state index is -0.229. The van der Waals surface area contributed by atoms with Crippen molar-refractivity contribution >= 4 is 22.6 Å². The summed E-state index contributed by atoms with van der Waals surface area (Å²) < 4.78 is 0. The maximum Gasteiger partial charge on any atom is 0.258 e. The number of carbonyl (C=O) groups excluding carboxylic acids is 2. The Bertz CT molecular complexity index is 1050. The van der Waals surface area contributed by atoms with Gasteiger partial charge in [-0.25, -0.2) is 4.98 Å². The Hall–Kier alpha value is -3.28. The van der Waals surface area contributed by atoms with Crippen molar-refractivity contribution in [2.45, 2.75) is 32.7 Å². The fourth-order valence-corrected chi connectivity index (χ4v) is 3.00. The molecule has 0 atom stereocenters. The number of hydrogen-bond donors (Lipinski definition) is 1. The number of fused-ring (bicyclic) bond motifs is 1. The number of H-pyrrole nitrogens is 1. The Morgan fingerprint density at radius 1 is 1.04 bits per heavy atom. The second-order valence-electron chi connectivity index (χ2n) is 6.75. The molecule has 2 aromatic carbocycles. The predicted octanol–water partition coefficient (Wildman–Crippen LogP) is 3.11. The molecule has 3 aromatic rings. The molecule has 3 rings (SSSR count). The van der Waals surface area contributed by atoms with Gasteiger partial charge in [-0.15, -0.1) is 0 Å². The lowest BCUT2D eigenvalue weighted by Gasteiger charge is -2.16. The molecule has 0 spiro atoms. The van der Waals surface area contributed by atoms with Crippen LogP contribution in [0.4, 0.5) is 0 Å². The lowest BCUT2D eigenvalue weighted by molar-refractivity contribution is -0.130. The number of benzene rings is 2. The van der Waals surface area contributed by atoms with Gasteiger partial charge in [-0.2, -0.15) is 0 Å². The van der Waals surface area contributed by atoms with Crippen LogP contribution in [-0.4, -0.2) is 33.6 Å². The Morgan fingerprint density at radius 3 is 2.46 bits per heavy atom. The third-order valence-corrected chi connectivity index (χ3v) is 4.72. The maximum atomic E-state index is 12.4. The summed E-state index contributed by atoms with van der Waals surface area (Å²) in [5.41, 5.74) is 2.15. The highest BCUT2D eigenvalue weighted by molar-refractivity contribution is 5.97. The number of Topliss-reactive ketones (excluding diaryl/α,β-unsaturated/α-hetero) is 1. The molecule has 0 aliphatic heterocycles. The number of nitrogens with zero attached hydrogens (tertiary/aromatic N) is 2. The molecular formula is C22H23N3O3. The van der Waals surface area contributed by atoms with E-state index in [4.69, 9.17) is 0 Å². The lowest BCUT2D eigenvalue weighted by Crippen LogP contribution is -2.28. The van der Waals surface area contributed by atoms with Gasteiger partial charge in [-0.3, -0.25) is 14.4 Å². The molecule has 6 heteroatoms. The second-order valence-corrected chi connectivity index (χ2v) is 6.75. The van der Waals surface area contributed by atoms with E-state index >= 15 is 0 Å². The molecule has 6 nitrogen and oxygen atoms in total. The first-order valence-electron chi connectivity index (χ1n) is 9.32. The Morgan fingerprint density at radius 2 is 1.75 bits per heavy atom. The van der Waals surface area contributed by atoms with Crippen LogP contribution in [0.25, 0.3) is 10.9 Å². The van der Waals surface area contributed by atoms with Crippen molar-refractivity contribution in [3.63, 3.8) is 0 Å². The highest BCUT2D eigenvalue weighted by atomic mass is 16.2. The van der Waals surface area contributed by atoms with Crippen molar-refractivity contribution < 1.29 is 9.59 Å². The molecular weight excluding hydrogens is 354 g/mol. The molecule has 0 saturated carbocycles. The fraction of sp³-hybridized carbons (Fsp3) is 0.273. The van der Waals surface area contributed by atoms with E-state index < -0.39 is 0 Å². The number of aryl methyl sites for hydroxylation is 1. The van der Waals surface area contributed by atoms with Crippen LogP contribution in [0.5, 0.6) is 0 Å². The van der Waals surface area contributed by atoms with E-state index in [1.807, 2.05) is 18.2 Å². The van der Waals surface area contributed by atoms with E-state index in [9.17, 15) is 14.4 Å². The fourth-order valence-electron chi connectivity index (χ4n) is 3.00. The number of amides is 1. The highest BCUT2D eigenvalue weighted by Crippen LogP contribution is 2.11. The zero-order valence-electron chi connectivity index (χ0n) is 16.1. The molecule has 0 bridgehead atoms. The Balaban J connectivity index is 1.60. The molecule has 1 amide bonds. The van der Waals surface area contributed by atoms with E-state index in [0.29, 0.717) is 22.3 Å². The smallest absolute Gasteiger partial charge is 0.258 e. The van der Waals surface area contributed by atoms with E-state index in [1.54, 1.807) is 37.4 Å². The van der Waals surface area contributed by atoms with E-state index in [2.05, 4.69) is 16.9 Å². The summed E-state index contributed by atoms with van der Waals surface area (Å²) in [4.78, 5) is 45.4. The van der Waals surface area contributed by atoms with Crippen LogP contribution in [0.2, 0.25) is 0 Å². The van der Waals surface area contributed by atoms with Gasteiger partial charge in [0.25, 0.3) is 5.56 Å². The molecule has 0 aliphatic carbocycles. The second kappa shape index (κ2) is 8.61. The lowest BCUT2D eigenvalue weighted by atomic mass is 10.0. The SMILES string of the molecule is CCc1ccc(C(=O)CCC(=O)N(C)Cc2nc3ccccc3c(=O)[nH]2)cc1. The molecule has 0 aliphatic rings. The minimum absolute atomic E-state index is 0.0540. The number of rotatable bonds is 7. The summed E-state index contributed by atoms with van der Waals surface area (Å²) in [6, 6.07) is 14.5. The monoisotopic (exact) mass is 377 g/mol. The van der Waals surface area contributed by atoms with Crippen LogP contribution >= 0.6 is 0 Å². The summed E-state index contributed by atoms with van der Waals surface area (Å²) in [5, 5.41) is 0.514. The van der Waals surface area contributed by atoms with Crippen LogP contribution in [-0.2, 0) is 17.8 Å². The largest absolute Gasteiger partial charge is 0.338 e. The van der Waals surface area contributed by atoms with Crippen molar-refractivity contribution in [1.29, 1.82) is 0 Å². The molecule has 1 N–H and O–H groups in total. The molecule has 28 heavy (non-hydrogen) atoms. The van der Waals surface area contributed by atoms with Gasteiger partial charge in [0.2, 0.25) is 5.91 Å². The van der Waals surface area contributed by atoms with Crippen LogP contribution in [0, 0.1) is 0 Å². The first-order chi connectivity index (χ1) is 13.5. The molecule has 0 radical (unpaired) electrons. The van der Waals surface area contributed by atoms with Crippen LogP contribution in [0.1, 0.15) is 41.5 Å². The number of ketones is 1. The van der Waals surface area contributed by atoms with Crippen molar-refractivity contribution in [3.8, 4) is 0 Å². The molecule has 144 valence electrons. The van der Waals surface area contributed by atoms with E-state index in [-0.39, 0.29) is 36.6 Å². The van der Waals surface area contributed by atoms with Gasteiger partial charge in [0.05, 0.1) is 17.4 Å². The standard InChI is InChI=1S/C22H23N3O3/c1-3-15-8-10-16(11-9-15)19(26)12-13-21(27)25(2)14-20-23-18-7-5-4-6-17(18)22(28)24-20/h4-11H,3,12-14H2,1-2H3,(H,23,24,28). The summed E-state index contributed by atoms with van der Waals surface area (Å²) in [5.74, 6) is 0.192. The number of nitrogens with one attached hydrogen (secondary N) is 1. The normalized spacial score (nSPS) is 10.8. The zero-order chi connectivity index (χ0) is 20.1. The van der Waals surface area contributed by atoms with Gasteiger partial charge in [-0.1, -0.05) is 43.3 Å². The van der Waals surface area contributed by atoms with E-state index in [1.165, 1.54) is 10.5 Å². The van der Waals surface area contributed by atoms with Crippen LogP contribution < -0.4 is 5.56 Å². The van der Waals surface area contributed by atoms with Gasteiger partial charge < -0.3 is 9.88 Å². The number of aromatic amines is 1. The molecule has 1 aromatic heterocycles. The summed E-state index contributed by atoms with van der Waals surface area (Å²) in [7, 11) is 1.64. The Labute approximate surface area is 163 Å². The van der Waals surface area contributed by atoms with Gasteiger partial charge in [0, 0.05) is 25.5 Å². The molecule has 0 fully saturated rings. The minimum Gasteiger partial charge on any atom is -0.338 e. The number of hydrogen-bond acceptors (Lipinski definition) is 4. The zero-order valence-corrected chi connectivity index (χ0v) is 16.1. The van der Waals surface area contributed by atoms with Crippen molar-refractivity contribution in [3.05, 3.63) is 75.8 Å². The first-order valence-corrected chi connectivity index (χ1v) is 9.32. The number of carbonyl (C=O) groups is 2. The summed E-state index contributed by atoms with van der Waals surface area (Å²) >= 11 is 0. The maximum absolute atomic E-state index is 12.4.